The van der Waals surface area contributed by atoms with E-state index in [9.17, 15) is 5.11 Å². The van der Waals surface area contributed by atoms with E-state index in [4.69, 9.17) is 18.9 Å². The summed E-state index contributed by atoms with van der Waals surface area (Å²) in [6.07, 6.45) is -2.07. The summed E-state index contributed by atoms with van der Waals surface area (Å²) in [6.45, 7) is 0.958. The summed E-state index contributed by atoms with van der Waals surface area (Å²) in [5.74, 6) is 0. The lowest BCUT2D eigenvalue weighted by Crippen LogP contribution is -2.59. The highest BCUT2D eigenvalue weighted by molar-refractivity contribution is 7.80. The molecular formula is C27H30O5S. The fourth-order valence-electron chi connectivity index (χ4n) is 3.91. The van der Waals surface area contributed by atoms with Crippen LogP contribution in [0.4, 0.5) is 0 Å². The van der Waals surface area contributed by atoms with Gasteiger partial charge in [0.1, 0.15) is 29.9 Å². The quantitative estimate of drug-likeness (QED) is 0.434. The first-order valence-corrected chi connectivity index (χ1v) is 11.7. The summed E-state index contributed by atoms with van der Waals surface area (Å²) in [5.41, 5.74) is 2.56. The van der Waals surface area contributed by atoms with Crippen LogP contribution >= 0.6 is 12.6 Å². The number of benzene rings is 3. The zero-order valence-electron chi connectivity index (χ0n) is 18.4. The van der Waals surface area contributed by atoms with Crippen LogP contribution in [0.2, 0.25) is 0 Å². The van der Waals surface area contributed by atoms with Gasteiger partial charge in [-0.2, -0.15) is 0 Å². The second-order valence-corrected chi connectivity index (χ2v) is 8.54. The molecule has 174 valence electrons. The van der Waals surface area contributed by atoms with Crippen molar-refractivity contribution in [2.24, 2.45) is 0 Å². The van der Waals surface area contributed by atoms with Gasteiger partial charge in [-0.3, -0.25) is 0 Å². The van der Waals surface area contributed by atoms with Gasteiger partial charge in [0.25, 0.3) is 0 Å². The van der Waals surface area contributed by atoms with Crippen molar-refractivity contribution in [3.8, 4) is 0 Å². The maximum atomic E-state index is 10.0. The van der Waals surface area contributed by atoms with Crippen molar-refractivity contribution in [1.29, 1.82) is 0 Å². The van der Waals surface area contributed by atoms with E-state index in [0.717, 1.165) is 16.7 Å². The second kappa shape index (κ2) is 12.3. The van der Waals surface area contributed by atoms with E-state index in [1.165, 1.54) is 0 Å². The Bertz CT molecular complexity index is 941. The summed E-state index contributed by atoms with van der Waals surface area (Å²) in [5, 5.41) is 10.0. The molecule has 0 radical (unpaired) electrons. The maximum Gasteiger partial charge on any atom is 0.129 e. The van der Waals surface area contributed by atoms with Crippen molar-refractivity contribution in [3.05, 3.63) is 108 Å². The Morgan fingerprint density at radius 3 is 1.42 bits per heavy atom. The molecule has 1 saturated heterocycles. The fraction of sp³-hybridized carbons (Fsp3) is 0.333. The monoisotopic (exact) mass is 466 g/mol. The molecule has 6 heteroatoms. The number of hydrogen-bond acceptors (Lipinski definition) is 6. The van der Waals surface area contributed by atoms with Gasteiger partial charge in [-0.05, 0) is 16.7 Å². The van der Waals surface area contributed by atoms with E-state index in [1.807, 2.05) is 91.0 Å². The molecule has 0 amide bonds. The first kappa shape index (κ1) is 24.0. The molecule has 1 fully saturated rings. The SMILES string of the molecule is OCC1O[C@H](S)[C@H](OCc2ccccc2)C(OCc2ccccc2)[C@@H]1OCc1ccccc1. The Morgan fingerprint density at radius 2 is 1.00 bits per heavy atom. The predicted octanol–water partition coefficient (Wildman–Crippen LogP) is 4.39. The van der Waals surface area contributed by atoms with Gasteiger partial charge < -0.3 is 24.1 Å². The standard InChI is InChI=1S/C27H30O5S/c28-16-23-24(29-17-20-10-4-1-5-11-20)25(30-18-21-12-6-2-7-13-21)26(27(33)32-23)31-19-22-14-8-3-9-15-22/h1-15,23-28,33H,16-19H2/t23?,24-,25?,26-,27-/m1/s1. The van der Waals surface area contributed by atoms with E-state index in [0.29, 0.717) is 19.8 Å². The van der Waals surface area contributed by atoms with Crippen molar-refractivity contribution < 1.29 is 24.1 Å². The molecule has 1 heterocycles. The van der Waals surface area contributed by atoms with Crippen LogP contribution in [0.25, 0.3) is 0 Å². The van der Waals surface area contributed by atoms with Gasteiger partial charge in [0.2, 0.25) is 0 Å². The molecule has 0 spiro atoms. The van der Waals surface area contributed by atoms with Gasteiger partial charge in [-0.1, -0.05) is 91.0 Å². The highest BCUT2D eigenvalue weighted by Gasteiger charge is 2.47. The number of aliphatic hydroxyl groups is 1. The molecule has 5 atom stereocenters. The van der Waals surface area contributed by atoms with Gasteiger partial charge in [-0.25, -0.2) is 0 Å². The maximum absolute atomic E-state index is 10.0. The van der Waals surface area contributed by atoms with Gasteiger partial charge in [0, 0.05) is 0 Å². The fourth-order valence-corrected chi connectivity index (χ4v) is 4.32. The smallest absolute Gasteiger partial charge is 0.129 e. The van der Waals surface area contributed by atoms with Gasteiger partial charge in [0.15, 0.2) is 0 Å². The topological polar surface area (TPSA) is 57.2 Å². The minimum atomic E-state index is -0.575. The summed E-state index contributed by atoms with van der Waals surface area (Å²) in [6, 6.07) is 29.8. The average Bonchev–Trinajstić information content (AvgIpc) is 2.87. The first-order valence-electron chi connectivity index (χ1n) is 11.2. The molecule has 3 aromatic carbocycles. The van der Waals surface area contributed by atoms with Gasteiger partial charge >= 0.3 is 0 Å². The third kappa shape index (κ3) is 6.67. The Hall–Kier alpha value is -2.19. The van der Waals surface area contributed by atoms with Crippen molar-refractivity contribution in [3.63, 3.8) is 0 Å². The van der Waals surface area contributed by atoms with E-state index < -0.39 is 29.9 Å². The highest BCUT2D eigenvalue weighted by atomic mass is 32.1. The second-order valence-electron chi connectivity index (χ2n) is 8.03. The summed E-state index contributed by atoms with van der Waals surface area (Å²) in [7, 11) is 0. The molecule has 0 aromatic heterocycles. The van der Waals surface area contributed by atoms with Crippen molar-refractivity contribution in [1.82, 2.24) is 0 Å². The number of ether oxygens (including phenoxy) is 4. The lowest BCUT2D eigenvalue weighted by atomic mass is 9.99. The van der Waals surface area contributed by atoms with Crippen molar-refractivity contribution >= 4 is 12.6 Å². The summed E-state index contributed by atoms with van der Waals surface area (Å²) in [4.78, 5) is 0. The van der Waals surface area contributed by atoms with Crippen LogP contribution in [0.5, 0.6) is 0 Å². The normalized spacial score (nSPS) is 25.1. The molecule has 4 rings (SSSR count). The highest BCUT2D eigenvalue weighted by Crippen LogP contribution is 2.31. The minimum Gasteiger partial charge on any atom is -0.394 e. The van der Waals surface area contributed by atoms with E-state index in [2.05, 4.69) is 12.6 Å². The zero-order valence-corrected chi connectivity index (χ0v) is 19.3. The Labute approximate surface area is 200 Å². The summed E-state index contributed by atoms with van der Waals surface area (Å²) < 4.78 is 24.9. The van der Waals surface area contributed by atoms with Crippen LogP contribution < -0.4 is 0 Å². The number of aliphatic hydroxyl groups excluding tert-OH is 1. The molecule has 1 N–H and O–H groups in total. The molecule has 1 aliphatic rings. The predicted molar refractivity (Wildman–Crippen MR) is 130 cm³/mol. The van der Waals surface area contributed by atoms with Crippen molar-refractivity contribution in [2.75, 3.05) is 6.61 Å². The van der Waals surface area contributed by atoms with Crippen LogP contribution in [0.15, 0.2) is 91.0 Å². The van der Waals surface area contributed by atoms with Gasteiger partial charge in [-0.15, -0.1) is 12.6 Å². The number of rotatable bonds is 10. The molecular weight excluding hydrogens is 436 g/mol. The molecule has 0 saturated carbocycles. The minimum absolute atomic E-state index is 0.201. The third-order valence-electron chi connectivity index (χ3n) is 5.65. The zero-order chi connectivity index (χ0) is 22.9. The molecule has 2 unspecified atom stereocenters. The first-order chi connectivity index (χ1) is 16.2. The Morgan fingerprint density at radius 1 is 0.606 bits per heavy atom. The van der Waals surface area contributed by atoms with Crippen molar-refractivity contribution in [2.45, 2.75) is 49.7 Å². The Kier molecular flexibility index (Phi) is 8.94. The molecule has 1 aliphatic heterocycles. The van der Waals surface area contributed by atoms with Gasteiger partial charge in [0.05, 0.1) is 26.4 Å². The summed E-state index contributed by atoms with van der Waals surface area (Å²) >= 11 is 4.64. The van der Waals surface area contributed by atoms with Crippen LogP contribution in [0, 0.1) is 0 Å². The largest absolute Gasteiger partial charge is 0.394 e. The van der Waals surface area contributed by atoms with E-state index in [-0.39, 0.29) is 6.61 Å². The average molecular weight is 467 g/mol. The molecule has 0 aliphatic carbocycles. The lowest BCUT2D eigenvalue weighted by Gasteiger charge is -2.44. The molecule has 0 bridgehead atoms. The molecule has 3 aromatic rings. The van der Waals surface area contributed by atoms with Crippen LogP contribution in [0.3, 0.4) is 0 Å². The van der Waals surface area contributed by atoms with Crippen LogP contribution in [-0.2, 0) is 38.8 Å². The Balaban J connectivity index is 1.53. The number of thiol groups is 1. The number of hydrogen-bond donors (Lipinski definition) is 2. The molecule has 33 heavy (non-hydrogen) atoms. The lowest BCUT2D eigenvalue weighted by molar-refractivity contribution is -0.251. The van der Waals surface area contributed by atoms with Crippen LogP contribution in [-0.4, -0.2) is 41.6 Å². The van der Waals surface area contributed by atoms with E-state index >= 15 is 0 Å². The molecule has 5 nitrogen and oxygen atoms in total. The van der Waals surface area contributed by atoms with Crippen LogP contribution in [0.1, 0.15) is 16.7 Å². The van der Waals surface area contributed by atoms with E-state index in [1.54, 1.807) is 0 Å². The third-order valence-corrected chi connectivity index (χ3v) is 6.06.